The summed E-state index contributed by atoms with van der Waals surface area (Å²) in [7, 11) is 0. The van der Waals surface area contributed by atoms with Gasteiger partial charge in [-0.05, 0) is 29.4 Å². The molecular formula is C18H26O. The number of carbonyl (C=O) groups is 1. The van der Waals surface area contributed by atoms with Gasteiger partial charge in [-0.15, -0.1) is 0 Å². The van der Waals surface area contributed by atoms with Crippen LogP contribution in [0.4, 0.5) is 0 Å². The van der Waals surface area contributed by atoms with Crippen molar-refractivity contribution in [2.75, 3.05) is 0 Å². The summed E-state index contributed by atoms with van der Waals surface area (Å²) in [4.78, 5) is 12.3. The third kappa shape index (κ3) is 3.92. The first-order chi connectivity index (χ1) is 8.97. The summed E-state index contributed by atoms with van der Waals surface area (Å²) < 4.78 is 0. The van der Waals surface area contributed by atoms with Gasteiger partial charge >= 0.3 is 0 Å². The molecule has 0 heterocycles. The SMILES string of the molecule is CC(C)(C)c1cccc(C(=O)CCC2CCCC2)c1. The first kappa shape index (κ1) is 14.3. The molecule has 1 nitrogen and oxygen atoms in total. The van der Waals surface area contributed by atoms with E-state index in [1.807, 2.05) is 12.1 Å². The highest BCUT2D eigenvalue weighted by atomic mass is 16.1. The second-order valence-corrected chi connectivity index (χ2v) is 6.94. The molecule has 1 aromatic rings. The topological polar surface area (TPSA) is 17.1 Å². The van der Waals surface area contributed by atoms with Crippen molar-refractivity contribution in [1.82, 2.24) is 0 Å². The van der Waals surface area contributed by atoms with Gasteiger partial charge in [0.1, 0.15) is 0 Å². The zero-order valence-corrected chi connectivity index (χ0v) is 12.5. The Balaban J connectivity index is 1.98. The Morgan fingerprint density at radius 2 is 1.89 bits per heavy atom. The molecule has 1 heteroatoms. The lowest BCUT2D eigenvalue weighted by atomic mass is 9.85. The van der Waals surface area contributed by atoms with E-state index in [1.54, 1.807) is 0 Å². The molecule has 104 valence electrons. The Bertz CT molecular complexity index is 433. The molecule has 2 rings (SSSR count). The summed E-state index contributed by atoms with van der Waals surface area (Å²) in [6.45, 7) is 6.57. The molecule has 1 aliphatic rings. The fourth-order valence-electron chi connectivity index (χ4n) is 2.94. The average molecular weight is 258 g/mol. The van der Waals surface area contributed by atoms with Crippen LogP contribution in [0, 0.1) is 5.92 Å². The molecule has 1 aliphatic carbocycles. The standard InChI is InChI=1S/C18H26O/c1-18(2,3)16-10-6-9-15(13-16)17(19)12-11-14-7-4-5-8-14/h6,9-10,13-14H,4-5,7-8,11-12H2,1-3H3. The van der Waals surface area contributed by atoms with Gasteiger partial charge in [0.25, 0.3) is 0 Å². The predicted octanol–water partition coefficient (Wildman–Crippen LogP) is 5.14. The molecule has 0 atom stereocenters. The Hall–Kier alpha value is -1.11. The zero-order chi connectivity index (χ0) is 13.9. The maximum Gasteiger partial charge on any atom is 0.162 e. The van der Waals surface area contributed by atoms with Gasteiger partial charge in [-0.25, -0.2) is 0 Å². The third-order valence-electron chi connectivity index (χ3n) is 4.30. The lowest BCUT2D eigenvalue weighted by Crippen LogP contribution is -2.12. The van der Waals surface area contributed by atoms with E-state index < -0.39 is 0 Å². The van der Waals surface area contributed by atoms with E-state index in [0.717, 1.165) is 24.3 Å². The first-order valence-electron chi connectivity index (χ1n) is 7.60. The lowest BCUT2D eigenvalue weighted by molar-refractivity contribution is 0.0974. The van der Waals surface area contributed by atoms with Crippen molar-refractivity contribution < 1.29 is 4.79 Å². The molecule has 0 bridgehead atoms. The van der Waals surface area contributed by atoms with Crippen LogP contribution < -0.4 is 0 Å². The Kier molecular flexibility index (Phi) is 4.44. The second kappa shape index (κ2) is 5.90. The van der Waals surface area contributed by atoms with Gasteiger partial charge in [0.2, 0.25) is 0 Å². The number of benzene rings is 1. The molecule has 0 saturated heterocycles. The fourth-order valence-corrected chi connectivity index (χ4v) is 2.94. The van der Waals surface area contributed by atoms with Gasteiger partial charge in [-0.2, -0.15) is 0 Å². The van der Waals surface area contributed by atoms with E-state index in [-0.39, 0.29) is 5.41 Å². The highest BCUT2D eigenvalue weighted by Gasteiger charge is 2.18. The summed E-state index contributed by atoms with van der Waals surface area (Å²) >= 11 is 0. The predicted molar refractivity (Wildman–Crippen MR) is 80.7 cm³/mol. The molecule has 0 aliphatic heterocycles. The van der Waals surface area contributed by atoms with E-state index in [4.69, 9.17) is 0 Å². The van der Waals surface area contributed by atoms with Gasteiger partial charge in [0.15, 0.2) is 5.78 Å². The molecule has 0 unspecified atom stereocenters. The van der Waals surface area contributed by atoms with E-state index in [2.05, 4.69) is 32.9 Å². The van der Waals surface area contributed by atoms with Crippen LogP contribution in [0.2, 0.25) is 0 Å². The number of rotatable bonds is 4. The lowest BCUT2D eigenvalue weighted by Gasteiger charge is -2.19. The summed E-state index contributed by atoms with van der Waals surface area (Å²) in [5, 5.41) is 0. The van der Waals surface area contributed by atoms with Gasteiger partial charge in [0, 0.05) is 12.0 Å². The molecule has 1 fully saturated rings. The van der Waals surface area contributed by atoms with Crippen molar-refractivity contribution in [3.63, 3.8) is 0 Å². The molecule has 0 amide bonds. The Morgan fingerprint density at radius 1 is 1.21 bits per heavy atom. The van der Waals surface area contributed by atoms with Crippen molar-refractivity contribution in [1.29, 1.82) is 0 Å². The molecule has 0 spiro atoms. The van der Waals surface area contributed by atoms with Crippen LogP contribution >= 0.6 is 0 Å². The highest BCUT2D eigenvalue weighted by molar-refractivity contribution is 5.96. The van der Waals surface area contributed by atoms with Crippen molar-refractivity contribution >= 4 is 5.78 Å². The zero-order valence-electron chi connectivity index (χ0n) is 12.5. The molecular weight excluding hydrogens is 232 g/mol. The van der Waals surface area contributed by atoms with Crippen LogP contribution in [0.5, 0.6) is 0 Å². The molecule has 0 N–H and O–H groups in total. The molecule has 19 heavy (non-hydrogen) atoms. The minimum absolute atomic E-state index is 0.113. The number of Topliss-reactive ketones (excluding diaryl/α,β-unsaturated/α-hetero) is 1. The van der Waals surface area contributed by atoms with Crippen molar-refractivity contribution in [2.45, 2.75) is 64.7 Å². The smallest absolute Gasteiger partial charge is 0.162 e. The summed E-state index contributed by atoms with van der Waals surface area (Å²) in [6, 6.07) is 8.18. The monoisotopic (exact) mass is 258 g/mol. The van der Waals surface area contributed by atoms with Gasteiger partial charge in [-0.3, -0.25) is 4.79 Å². The van der Waals surface area contributed by atoms with E-state index >= 15 is 0 Å². The van der Waals surface area contributed by atoms with E-state index in [0.29, 0.717) is 5.78 Å². The van der Waals surface area contributed by atoms with Crippen LogP contribution in [-0.4, -0.2) is 5.78 Å². The summed E-state index contributed by atoms with van der Waals surface area (Å²) in [6.07, 6.45) is 7.18. The third-order valence-corrected chi connectivity index (χ3v) is 4.30. The number of hydrogen-bond donors (Lipinski definition) is 0. The largest absolute Gasteiger partial charge is 0.294 e. The van der Waals surface area contributed by atoms with Crippen molar-refractivity contribution in [3.05, 3.63) is 35.4 Å². The maximum absolute atomic E-state index is 12.3. The van der Waals surface area contributed by atoms with Crippen molar-refractivity contribution in [3.8, 4) is 0 Å². The molecule has 0 radical (unpaired) electrons. The molecule has 0 aromatic heterocycles. The van der Waals surface area contributed by atoms with Crippen molar-refractivity contribution in [2.24, 2.45) is 5.92 Å². The minimum Gasteiger partial charge on any atom is -0.294 e. The number of hydrogen-bond acceptors (Lipinski definition) is 1. The van der Waals surface area contributed by atoms with E-state index in [9.17, 15) is 4.79 Å². The van der Waals surface area contributed by atoms with Gasteiger partial charge in [0.05, 0.1) is 0 Å². The molecule has 1 saturated carbocycles. The quantitative estimate of drug-likeness (QED) is 0.684. The summed E-state index contributed by atoms with van der Waals surface area (Å²) in [5.74, 6) is 1.12. The van der Waals surface area contributed by atoms with Crippen LogP contribution in [0.1, 0.15) is 75.2 Å². The summed E-state index contributed by atoms with van der Waals surface area (Å²) in [5.41, 5.74) is 2.26. The normalized spacial score (nSPS) is 16.8. The highest BCUT2D eigenvalue weighted by Crippen LogP contribution is 2.29. The first-order valence-corrected chi connectivity index (χ1v) is 7.60. The fraction of sp³-hybridized carbons (Fsp3) is 0.611. The van der Waals surface area contributed by atoms with Crippen LogP contribution in [0.15, 0.2) is 24.3 Å². The van der Waals surface area contributed by atoms with Crippen LogP contribution in [0.25, 0.3) is 0 Å². The second-order valence-electron chi connectivity index (χ2n) is 6.94. The Labute approximate surface area is 117 Å². The number of carbonyl (C=O) groups excluding carboxylic acids is 1. The van der Waals surface area contributed by atoms with Crippen LogP contribution in [-0.2, 0) is 5.41 Å². The average Bonchev–Trinajstić information content (AvgIpc) is 2.88. The van der Waals surface area contributed by atoms with Gasteiger partial charge in [-0.1, -0.05) is 64.7 Å². The molecule has 1 aromatic carbocycles. The maximum atomic E-state index is 12.3. The van der Waals surface area contributed by atoms with Gasteiger partial charge < -0.3 is 0 Å². The Morgan fingerprint density at radius 3 is 2.53 bits per heavy atom. The van der Waals surface area contributed by atoms with Crippen LogP contribution in [0.3, 0.4) is 0 Å². The number of ketones is 1. The minimum atomic E-state index is 0.113. The van der Waals surface area contributed by atoms with E-state index in [1.165, 1.54) is 31.2 Å².